The van der Waals surface area contributed by atoms with Crippen molar-refractivity contribution < 1.29 is 5.11 Å². The van der Waals surface area contributed by atoms with Crippen molar-refractivity contribution in [3.05, 3.63) is 40.3 Å². The average Bonchev–Trinajstić information content (AvgIpc) is 3.00. The minimum Gasteiger partial charge on any atom is -0.395 e. The highest BCUT2D eigenvalue weighted by atomic mass is 35.5. The van der Waals surface area contributed by atoms with Gasteiger partial charge in [0.05, 0.1) is 6.61 Å². The average molecular weight is 210 g/mol. The number of aliphatic hydroxyl groups excluding tert-OH is 1. The van der Waals surface area contributed by atoms with Gasteiger partial charge in [-0.25, -0.2) is 0 Å². The smallest absolute Gasteiger partial charge is 0.0534 e. The van der Waals surface area contributed by atoms with E-state index in [0.717, 1.165) is 16.5 Å². The second kappa shape index (κ2) is 3.92. The number of hydrogen-bond acceptors (Lipinski definition) is 1. The molecule has 1 fully saturated rings. The molecule has 1 aliphatic carbocycles. The van der Waals surface area contributed by atoms with Crippen molar-refractivity contribution >= 4 is 11.6 Å². The van der Waals surface area contributed by atoms with Crippen LogP contribution in [0.2, 0.25) is 5.02 Å². The normalized spacial score (nSPS) is 16.3. The number of halogens is 1. The van der Waals surface area contributed by atoms with E-state index in [0.29, 0.717) is 5.92 Å². The van der Waals surface area contributed by atoms with Gasteiger partial charge in [0.1, 0.15) is 0 Å². The third kappa shape index (κ3) is 1.79. The van der Waals surface area contributed by atoms with Gasteiger partial charge in [0, 0.05) is 10.9 Å². The minimum atomic E-state index is 0.111. The molecule has 1 N–H and O–H groups in total. The van der Waals surface area contributed by atoms with E-state index in [-0.39, 0.29) is 6.61 Å². The summed E-state index contributed by atoms with van der Waals surface area (Å²) in [5, 5.41) is 9.97. The lowest BCUT2D eigenvalue weighted by Crippen LogP contribution is -2.04. The molecule has 1 saturated carbocycles. The van der Waals surface area contributed by atoms with Gasteiger partial charge < -0.3 is 5.11 Å². The maximum absolute atomic E-state index is 9.13. The SMILES string of the molecule is C[C](CO)c1cccc(Cl)c1C1CC1. The third-order valence-corrected chi connectivity index (χ3v) is 3.07. The molecule has 0 heterocycles. The summed E-state index contributed by atoms with van der Waals surface area (Å²) in [7, 11) is 0. The molecule has 0 saturated heterocycles. The fourth-order valence-electron chi connectivity index (χ4n) is 1.78. The molecular weight excluding hydrogens is 196 g/mol. The van der Waals surface area contributed by atoms with Gasteiger partial charge in [-0.15, -0.1) is 0 Å². The molecule has 2 heteroatoms. The molecule has 0 bridgehead atoms. The van der Waals surface area contributed by atoms with Gasteiger partial charge in [-0.3, -0.25) is 0 Å². The fourth-order valence-corrected chi connectivity index (χ4v) is 2.11. The molecule has 1 nitrogen and oxygen atoms in total. The molecule has 1 aliphatic rings. The zero-order valence-electron chi connectivity index (χ0n) is 8.26. The topological polar surface area (TPSA) is 20.2 Å². The van der Waals surface area contributed by atoms with E-state index < -0.39 is 0 Å². The first-order valence-electron chi connectivity index (χ1n) is 4.96. The molecule has 1 aromatic carbocycles. The quantitative estimate of drug-likeness (QED) is 0.811. The molecule has 0 amide bonds. The van der Waals surface area contributed by atoms with Crippen LogP contribution in [0.4, 0.5) is 0 Å². The highest BCUT2D eigenvalue weighted by Crippen LogP contribution is 2.46. The zero-order chi connectivity index (χ0) is 10.1. The van der Waals surface area contributed by atoms with Crippen LogP contribution in [0.1, 0.15) is 36.8 Å². The third-order valence-electron chi connectivity index (χ3n) is 2.74. The van der Waals surface area contributed by atoms with Gasteiger partial charge in [-0.2, -0.15) is 0 Å². The summed E-state index contributed by atoms with van der Waals surface area (Å²) < 4.78 is 0. The Morgan fingerprint density at radius 1 is 1.50 bits per heavy atom. The van der Waals surface area contributed by atoms with Crippen molar-refractivity contribution in [2.75, 3.05) is 6.61 Å². The first-order valence-corrected chi connectivity index (χ1v) is 5.34. The van der Waals surface area contributed by atoms with E-state index in [1.807, 2.05) is 25.1 Å². The van der Waals surface area contributed by atoms with Crippen LogP contribution < -0.4 is 0 Å². The van der Waals surface area contributed by atoms with Crippen LogP contribution in [0, 0.1) is 5.92 Å². The first-order chi connectivity index (χ1) is 6.74. The number of benzene rings is 1. The standard InChI is InChI=1S/C12H14ClO/c1-8(7-14)10-3-2-4-11(13)12(10)9-5-6-9/h2-4,9,14H,5-7H2,1H3. The number of hydrogen-bond donors (Lipinski definition) is 1. The molecule has 0 aromatic heterocycles. The van der Waals surface area contributed by atoms with Gasteiger partial charge in [0.15, 0.2) is 0 Å². The van der Waals surface area contributed by atoms with Gasteiger partial charge in [0.2, 0.25) is 0 Å². The van der Waals surface area contributed by atoms with Crippen LogP contribution >= 0.6 is 11.6 Å². The maximum Gasteiger partial charge on any atom is 0.0534 e. The van der Waals surface area contributed by atoms with E-state index in [2.05, 4.69) is 0 Å². The summed E-state index contributed by atoms with van der Waals surface area (Å²) in [6.07, 6.45) is 2.46. The van der Waals surface area contributed by atoms with Gasteiger partial charge in [-0.05, 0) is 36.0 Å². The molecule has 0 atom stereocenters. The Morgan fingerprint density at radius 2 is 2.21 bits per heavy atom. The second-order valence-electron chi connectivity index (χ2n) is 3.91. The van der Waals surface area contributed by atoms with E-state index >= 15 is 0 Å². The van der Waals surface area contributed by atoms with Crippen LogP contribution in [-0.2, 0) is 0 Å². The van der Waals surface area contributed by atoms with Crippen LogP contribution in [0.5, 0.6) is 0 Å². The van der Waals surface area contributed by atoms with Crippen LogP contribution in [0.3, 0.4) is 0 Å². The largest absolute Gasteiger partial charge is 0.395 e. The predicted molar refractivity (Wildman–Crippen MR) is 58.5 cm³/mol. The molecule has 0 unspecified atom stereocenters. The van der Waals surface area contributed by atoms with E-state index in [1.165, 1.54) is 18.4 Å². The molecule has 14 heavy (non-hydrogen) atoms. The molecule has 0 spiro atoms. The Balaban J connectivity index is 2.41. The minimum absolute atomic E-state index is 0.111. The molecular formula is C12H14ClO. The van der Waals surface area contributed by atoms with Crippen molar-refractivity contribution in [3.8, 4) is 0 Å². The lowest BCUT2D eigenvalue weighted by atomic mass is 9.94. The van der Waals surface area contributed by atoms with E-state index in [9.17, 15) is 0 Å². The lowest BCUT2D eigenvalue weighted by Gasteiger charge is -2.14. The highest BCUT2D eigenvalue weighted by Gasteiger charge is 2.29. The van der Waals surface area contributed by atoms with Crippen molar-refractivity contribution in [2.24, 2.45) is 0 Å². The lowest BCUT2D eigenvalue weighted by molar-refractivity contribution is 0.314. The summed E-state index contributed by atoms with van der Waals surface area (Å²) in [4.78, 5) is 0. The second-order valence-corrected chi connectivity index (χ2v) is 4.32. The van der Waals surface area contributed by atoms with Crippen LogP contribution in [0.25, 0.3) is 0 Å². The summed E-state index contributed by atoms with van der Waals surface area (Å²) in [6, 6.07) is 5.93. The van der Waals surface area contributed by atoms with Crippen molar-refractivity contribution in [2.45, 2.75) is 25.7 Å². The van der Waals surface area contributed by atoms with Gasteiger partial charge in [0.25, 0.3) is 0 Å². The summed E-state index contributed by atoms with van der Waals surface area (Å²) in [6.45, 7) is 2.07. The van der Waals surface area contributed by atoms with Crippen LogP contribution in [-0.4, -0.2) is 11.7 Å². The van der Waals surface area contributed by atoms with Crippen LogP contribution in [0.15, 0.2) is 18.2 Å². The summed E-state index contributed by atoms with van der Waals surface area (Å²) in [5.74, 6) is 1.63. The Hall–Kier alpha value is -0.530. The summed E-state index contributed by atoms with van der Waals surface area (Å²) >= 11 is 6.17. The fraction of sp³-hybridized carbons (Fsp3) is 0.417. The number of rotatable bonds is 3. The van der Waals surface area contributed by atoms with Crippen molar-refractivity contribution in [3.63, 3.8) is 0 Å². The zero-order valence-corrected chi connectivity index (χ0v) is 9.01. The van der Waals surface area contributed by atoms with Crippen molar-refractivity contribution in [1.29, 1.82) is 0 Å². The molecule has 0 aliphatic heterocycles. The Labute approximate surface area is 89.7 Å². The van der Waals surface area contributed by atoms with Gasteiger partial charge >= 0.3 is 0 Å². The monoisotopic (exact) mass is 209 g/mol. The van der Waals surface area contributed by atoms with E-state index in [1.54, 1.807) is 0 Å². The first kappa shape index (κ1) is 10.0. The van der Waals surface area contributed by atoms with Crippen molar-refractivity contribution in [1.82, 2.24) is 0 Å². The predicted octanol–water partition coefficient (Wildman–Crippen LogP) is 3.15. The molecule has 1 radical (unpaired) electrons. The summed E-state index contributed by atoms with van der Waals surface area (Å²) in [5.41, 5.74) is 2.38. The molecule has 75 valence electrons. The Kier molecular flexibility index (Phi) is 2.80. The molecule has 2 rings (SSSR count). The van der Waals surface area contributed by atoms with E-state index in [4.69, 9.17) is 16.7 Å². The molecule has 1 aromatic rings. The Bertz CT molecular complexity index is 331. The van der Waals surface area contributed by atoms with Gasteiger partial charge in [-0.1, -0.05) is 30.7 Å². The maximum atomic E-state index is 9.13. The number of aliphatic hydroxyl groups is 1. The Morgan fingerprint density at radius 3 is 2.79 bits per heavy atom. The highest BCUT2D eigenvalue weighted by molar-refractivity contribution is 6.31.